The van der Waals surface area contributed by atoms with Crippen molar-refractivity contribution < 1.29 is 4.79 Å². The van der Waals surface area contributed by atoms with Crippen molar-refractivity contribution in [2.45, 2.75) is 51.5 Å². The van der Waals surface area contributed by atoms with Gasteiger partial charge in [0.1, 0.15) is 0 Å². The number of hydrogen-bond acceptors (Lipinski definition) is 3. The highest BCUT2D eigenvalue weighted by Gasteiger charge is 2.27. The number of nitrogens with one attached hydrogen (secondary N) is 1. The van der Waals surface area contributed by atoms with Crippen LogP contribution in [0, 0.1) is 5.92 Å². The summed E-state index contributed by atoms with van der Waals surface area (Å²) in [6.45, 7) is 7.10. The molecule has 6 heteroatoms. The minimum atomic E-state index is 0. The molecular formula is C17H29ClN4O. The molecule has 2 heterocycles. The number of amides is 1. The number of piperidine rings is 1. The highest BCUT2D eigenvalue weighted by molar-refractivity contribution is 5.92. The van der Waals surface area contributed by atoms with Crippen molar-refractivity contribution in [2.75, 3.05) is 19.6 Å². The van der Waals surface area contributed by atoms with Crippen LogP contribution in [0.25, 0.3) is 0 Å². The van der Waals surface area contributed by atoms with E-state index in [4.69, 9.17) is 0 Å². The Kier molecular flexibility index (Phi) is 6.09. The number of aromatic nitrogens is 2. The third kappa shape index (κ3) is 4.48. The molecule has 1 aliphatic heterocycles. The molecule has 1 N–H and O–H groups in total. The SMILES string of the molecule is CC(C)c1cc(C(=O)N2CCC(NCC3CC3)CC2)nn1C.Cl. The Bertz CT molecular complexity index is 531. The minimum absolute atomic E-state index is 0. The van der Waals surface area contributed by atoms with Crippen LogP contribution in [-0.4, -0.2) is 46.3 Å². The summed E-state index contributed by atoms with van der Waals surface area (Å²) in [6, 6.07) is 2.53. The molecule has 0 spiro atoms. The Hall–Kier alpha value is -1.07. The topological polar surface area (TPSA) is 50.2 Å². The molecule has 1 saturated carbocycles. The van der Waals surface area contributed by atoms with Crippen molar-refractivity contribution in [1.82, 2.24) is 20.0 Å². The lowest BCUT2D eigenvalue weighted by atomic mass is 10.0. The molecule has 0 unspecified atom stereocenters. The quantitative estimate of drug-likeness (QED) is 0.896. The first-order valence-electron chi connectivity index (χ1n) is 8.61. The molecule has 0 bridgehead atoms. The predicted molar refractivity (Wildman–Crippen MR) is 94.2 cm³/mol. The Labute approximate surface area is 145 Å². The number of hydrogen-bond donors (Lipinski definition) is 1. The summed E-state index contributed by atoms with van der Waals surface area (Å²) in [5, 5.41) is 8.06. The molecule has 3 rings (SSSR count). The van der Waals surface area contributed by atoms with Gasteiger partial charge >= 0.3 is 0 Å². The van der Waals surface area contributed by atoms with Gasteiger partial charge in [-0.25, -0.2) is 0 Å². The molecule has 0 atom stereocenters. The first kappa shape index (κ1) is 18.3. The van der Waals surface area contributed by atoms with Gasteiger partial charge in [-0.05, 0) is 50.1 Å². The van der Waals surface area contributed by atoms with E-state index in [1.807, 2.05) is 22.7 Å². The van der Waals surface area contributed by atoms with Gasteiger partial charge in [0.2, 0.25) is 0 Å². The summed E-state index contributed by atoms with van der Waals surface area (Å²) in [4.78, 5) is 14.6. The van der Waals surface area contributed by atoms with E-state index in [1.165, 1.54) is 12.8 Å². The van der Waals surface area contributed by atoms with Crippen LogP contribution in [0.15, 0.2) is 6.07 Å². The maximum absolute atomic E-state index is 12.6. The minimum Gasteiger partial charge on any atom is -0.337 e. The largest absolute Gasteiger partial charge is 0.337 e. The van der Waals surface area contributed by atoms with Gasteiger partial charge in [-0.2, -0.15) is 5.10 Å². The summed E-state index contributed by atoms with van der Waals surface area (Å²) in [5.74, 6) is 1.39. The van der Waals surface area contributed by atoms with Gasteiger partial charge in [-0.3, -0.25) is 9.48 Å². The fraction of sp³-hybridized carbons (Fsp3) is 0.765. The first-order valence-corrected chi connectivity index (χ1v) is 8.61. The van der Waals surface area contributed by atoms with Crippen LogP contribution < -0.4 is 5.32 Å². The van der Waals surface area contributed by atoms with Gasteiger partial charge in [0, 0.05) is 31.9 Å². The van der Waals surface area contributed by atoms with E-state index < -0.39 is 0 Å². The fourth-order valence-corrected chi connectivity index (χ4v) is 3.23. The lowest BCUT2D eigenvalue weighted by Crippen LogP contribution is -2.45. The van der Waals surface area contributed by atoms with Gasteiger partial charge in [0.15, 0.2) is 5.69 Å². The molecule has 0 aromatic carbocycles. The molecular weight excluding hydrogens is 312 g/mol. The summed E-state index contributed by atoms with van der Waals surface area (Å²) in [5.41, 5.74) is 1.71. The maximum Gasteiger partial charge on any atom is 0.274 e. The molecule has 0 radical (unpaired) electrons. The van der Waals surface area contributed by atoms with Gasteiger partial charge < -0.3 is 10.2 Å². The zero-order chi connectivity index (χ0) is 15.7. The van der Waals surface area contributed by atoms with Crippen molar-refractivity contribution in [2.24, 2.45) is 13.0 Å². The second kappa shape index (κ2) is 7.67. The summed E-state index contributed by atoms with van der Waals surface area (Å²) in [6.07, 6.45) is 4.90. The number of carbonyl (C=O) groups is 1. The van der Waals surface area contributed by atoms with E-state index in [9.17, 15) is 4.79 Å². The summed E-state index contributed by atoms with van der Waals surface area (Å²) in [7, 11) is 1.92. The van der Waals surface area contributed by atoms with Crippen molar-refractivity contribution in [1.29, 1.82) is 0 Å². The van der Waals surface area contributed by atoms with Crippen LogP contribution in [-0.2, 0) is 7.05 Å². The van der Waals surface area contributed by atoms with Crippen molar-refractivity contribution in [3.63, 3.8) is 0 Å². The number of aryl methyl sites for hydroxylation is 1. The lowest BCUT2D eigenvalue weighted by Gasteiger charge is -2.32. The molecule has 2 fully saturated rings. The molecule has 1 saturated heterocycles. The van der Waals surface area contributed by atoms with Gasteiger partial charge in [0.05, 0.1) is 0 Å². The van der Waals surface area contributed by atoms with Crippen LogP contribution in [0.4, 0.5) is 0 Å². The second-order valence-corrected chi connectivity index (χ2v) is 7.15. The highest BCUT2D eigenvalue weighted by Crippen LogP contribution is 2.28. The Morgan fingerprint density at radius 2 is 1.96 bits per heavy atom. The molecule has 23 heavy (non-hydrogen) atoms. The summed E-state index contributed by atoms with van der Waals surface area (Å²) >= 11 is 0. The molecule has 2 aliphatic rings. The van der Waals surface area contributed by atoms with E-state index >= 15 is 0 Å². The van der Waals surface area contributed by atoms with Gasteiger partial charge in [-0.15, -0.1) is 12.4 Å². The average Bonchev–Trinajstić information content (AvgIpc) is 3.25. The number of rotatable bonds is 5. The van der Waals surface area contributed by atoms with E-state index in [2.05, 4.69) is 24.3 Å². The van der Waals surface area contributed by atoms with Crippen molar-refractivity contribution in [3.05, 3.63) is 17.5 Å². The fourth-order valence-electron chi connectivity index (χ4n) is 3.23. The third-order valence-corrected chi connectivity index (χ3v) is 4.90. The van der Waals surface area contributed by atoms with E-state index in [0.29, 0.717) is 17.7 Å². The number of likely N-dealkylation sites (tertiary alicyclic amines) is 1. The van der Waals surface area contributed by atoms with E-state index in [-0.39, 0.29) is 18.3 Å². The van der Waals surface area contributed by atoms with Crippen LogP contribution >= 0.6 is 12.4 Å². The Balaban J connectivity index is 0.00000192. The average molecular weight is 341 g/mol. The third-order valence-electron chi connectivity index (χ3n) is 4.90. The van der Waals surface area contributed by atoms with Crippen molar-refractivity contribution >= 4 is 18.3 Å². The van der Waals surface area contributed by atoms with Gasteiger partial charge in [-0.1, -0.05) is 13.8 Å². The Morgan fingerprint density at radius 1 is 1.30 bits per heavy atom. The zero-order valence-electron chi connectivity index (χ0n) is 14.4. The number of nitrogens with zero attached hydrogens (tertiary/aromatic N) is 3. The molecule has 1 aromatic rings. The Morgan fingerprint density at radius 3 is 2.48 bits per heavy atom. The summed E-state index contributed by atoms with van der Waals surface area (Å²) < 4.78 is 1.84. The standard InChI is InChI=1S/C17H28N4O.ClH/c1-12(2)16-10-15(19-20(16)3)17(22)21-8-6-14(7-9-21)18-11-13-4-5-13;/h10,12-14,18H,4-9,11H2,1-3H3;1H. The van der Waals surface area contributed by atoms with Crippen LogP contribution in [0.3, 0.4) is 0 Å². The first-order chi connectivity index (χ1) is 10.5. The smallest absolute Gasteiger partial charge is 0.274 e. The van der Waals surface area contributed by atoms with Crippen molar-refractivity contribution in [3.8, 4) is 0 Å². The highest BCUT2D eigenvalue weighted by atomic mass is 35.5. The molecule has 5 nitrogen and oxygen atoms in total. The van der Waals surface area contributed by atoms with E-state index in [0.717, 1.165) is 44.1 Å². The normalized spacial score (nSPS) is 19.0. The monoisotopic (exact) mass is 340 g/mol. The predicted octanol–water partition coefficient (Wildman–Crippen LogP) is 2.57. The molecule has 1 amide bonds. The second-order valence-electron chi connectivity index (χ2n) is 7.15. The van der Waals surface area contributed by atoms with E-state index in [1.54, 1.807) is 0 Å². The molecule has 130 valence electrons. The maximum atomic E-state index is 12.6. The zero-order valence-corrected chi connectivity index (χ0v) is 15.2. The van der Waals surface area contributed by atoms with Gasteiger partial charge in [0.25, 0.3) is 5.91 Å². The molecule has 1 aliphatic carbocycles. The van der Waals surface area contributed by atoms with Crippen LogP contribution in [0.1, 0.15) is 61.6 Å². The number of halogens is 1. The lowest BCUT2D eigenvalue weighted by molar-refractivity contribution is 0.0698. The number of carbonyl (C=O) groups excluding carboxylic acids is 1. The van der Waals surface area contributed by atoms with Crippen LogP contribution in [0.2, 0.25) is 0 Å². The van der Waals surface area contributed by atoms with Crippen LogP contribution in [0.5, 0.6) is 0 Å². The molecule has 1 aromatic heterocycles.